The molecule has 0 aliphatic carbocycles. The van der Waals surface area contributed by atoms with Gasteiger partial charge >= 0.3 is 0 Å². The summed E-state index contributed by atoms with van der Waals surface area (Å²) < 4.78 is 11.7. The second kappa shape index (κ2) is 7.70. The minimum absolute atomic E-state index is 0.0368. The van der Waals surface area contributed by atoms with E-state index in [9.17, 15) is 0 Å². The molecule has 3 heteroatoms. The molecule has 2 aromatic carbocycles. The number of para-hydroxylation sites is 3. The lowest BCUT2D eigenvalue weighted by atomic mass is 10.1. The highest BCUT2D eigenvalue weighted by atomic mass is 16.5. The Hall–Kier alpha value is -2.00. The summed E-state index contributed by atoms with van der Waals surface area (Å²) in [5.74, 6) is 2.79. The molecular formula is C18H23NO2. The summed E-state index contributed by atoms with van der Waals surface area (Å²) in [6, 6.07) is 17.4. The first kappa shape index (κ1) is 15.4. The summed E-state index contributed by atoms with van der Waals surface area (Å²) >= 11 is 0. The van der Waals surface area contributed by atoms with Crippen molar-refractivity contribution in [3.8, 4) is 17.2 Å². The highest BCUT2D eigenvalue weighted by Gasteiger charge is 2.10. The fourth-order valence-electron chi connectivity index (χ4n) is 2.14. The van der Waals surface area contributed by atoms with Crippen LogP contribution in [0.2, 0.25) is 0 Å². The average molecular weight is 285 g/mol. The van der Waals surface area contributed by atoms with Gasteiger partial charge in [0, 0.05) is 6.04 Å². The maximum atomic E-state index is 6.06. The molecule has 0 bridgehead atoms. The summed E-state index contributed by atoms with van der Waals surface area (Å²) in [7, 11) is 0. The molecule has 0 spiro atoms. The number of benzene rings is 2. The van der Waals surface area contributed by atoms with Crippen molar-refractivity contribution in [1.82, 2.24) is 0 Å². The van der Waals surface area contributed by atoms with Crippen LogP contribution in [0.25, 0.3) is 0 Å². The van der Waals surface area contributed by atoms with Crippen LogP contribution in [0.1, 0.15) is 20.3 Å². The predicted octanol–water partition coefficient (Wildman–Crippen LogP) is 4.23. The van der Waals surface area contributed by atoms with Crippen LogP contribution in [0.5, 0.6) is 17.2 Å². The zero-order valence-corrected chi connectivity index (χ0v) is 12.7. The van der Waals surface area contributed by atoms with E-state index in [4.69, 9.17) is 15.2 Å². The number of nitrogens with two attached hydrogens (primary N) is 1. The lowest BCUT2D eigenvalue weighted by Crippen LogP contribution is -2.29. The van der Waals surface area contributed by atoms with E-state index in [-0.39, 0.29) is 6.04 Å². The van der Waals surface area contributed by atoms with Crippen molar-refractivity contribution in [2.24, 2.45) is 11.7 Å². The summed E-state index contributed by atoms with van der Waals surface area (Å²) in [6.45, 7) is 4.81. The SMILES string of the molecule is CC(C)C[C@H](N)COc1ccccc1Oc1ccccc1. The topological polar surface area (TPSA) is 44.5 Å². The van der Waals surface area contributed by atoms with Gasteiger partial charge in [0.15, 0.2) is 11.5 Å². The van der Waals surface area contributed by atoms with E-state index in [1.54, 1.807) is 0 Å². The lowest BCUT2D eigenvalue weighted by Gasteiger charge is -2.17. The van der Waals surface area contributed by atoms with Crippen LogP contribution in [-0.4, -0.2) is 12.6 Å². The predicted molar refractivity (Wildman–Crippen MR) is 85.9 cm³/mol. The van der Waals surface area contributed by atoms with Gasteiger partial charge in [0.05, 0.1) is 0 Å². The van der Waals surface area contributed by atoms with Gasteiger partial charge < -0.3 is 15.2 Å². The molecule has 0 heterocycles. The zero-order chi connectivity index (χ0) is 15.1. The molecule has 2 aromatic rings. The van der Waals surface area contributed by atoms with E-state index in [1.807, 2.05) is 54.6 Å². The highest BCUT2D eigenvalue weighted by molar-refractivity contribution is 5.42. The number of hydrogen-bond acceptors (Lipinski definition) is 3. The van der Waals surface area contributed by atoms with Crippen molar-refractivity contribution in [1.29, 1.82) is 0 Å². The first-order chi connectivity index (χ1) is 10.1. The summed E-state index contributed by atoms with van der Waals surface area (Å²) in [5, 5.41) is 0. The standard InChI is InChI=1S/C18H23NO2/c1-14(2)12-15(19)13-20-17-10-6-7-11-18(17)21-16-8-4-3-5-9-16/h3-11,14-15H,12-13,19H2,1-2H3/t15-/m0/s1. The molecule has 0 aliphatic heterocycles. The molecule has 0 fully saturated rings. The molecule has 3 nitrogen and oxygen atoms in total. The highest BCUT2D eigenvalue weighted by Crippen LogP contribution is 2.31. The smallest absolute Gasteiger partial charge is 0.169 e. The van der Waals surface area contributed by atoms with Crippen LogP contribution in [0.3, 0.4) is 0 Å². The third-order valence-electron chi connectivity index (χ3n) is 3.05. The van der Waals surface area contributed by atoms with Gasteiger partial charge in [-0.15, -0.1) is 0 Å². The first-order valence-corrected chi connectivity index (χ1v) is 7.35. The Morgan fingerprint density at radius 2 is 1.52 bits per heavy atom. The molecule has 0 amide bonds. The van der Waals surface area contributed by atoms with Gasteiger partial charge in [0.1, 0.15) is 12.4 Å². The molecule has 0 unspecified atom stereocenters. The molecular weight excluding hydrogens is 262 g/mol. The average Bonchev–Trinajstić information content (AvgIpc) is 2.47. The molecule has 0 saturated carbocycles. The number of hydrogen-bond donors (Lipinski definition) is 1. The van der Waals surface area contributed by atoms with Gasteiger partial charge in [-0.1, -0.05) is 44.2 Å². The van der Waals surface area contributed by atoms with Gasteiger partial charge in [-0.25, -0.2) is 0 Å². The molecule has 1 atom stereocenters. The van der Waals surface area contributed by atoms with Crippen LogP contribution < -0.4 is 15.2 Å². The van der Waals surface area contributed by atoms with E-state index in [0.29, 0.717) is 18.3 Å². The monoisotopic (exact) mass is 285 g/mol. The van der Waals surface area contributed by atoms with Gasteiger partial charge in [-0.3, -0.25) is 0 Å². The van der Waals surface area contributed by atoms with Gasteiger partial charge in [-0.2, -0.15) is 0 Å². The number of ether oxygens (including phenoxy) is 2. The minimum Gasteiger partial charge on any atom is -0.488 e. The molecule has 112 valence electrons. The second-order valence-corrected chi connectivity index (χ2v) is 5.56. The fourth-order valence-corrected chi connectivity index (χ4v) is 2.14. The van der Waals surface area contributed by atoms with Crippen molar-refractivity contribution in [3.05, 3.63) is 54.6 Å². The van der Waals surface area contributed by atoms with Crippen LogP contribution in [0.15, 0.2) is 54.6 Å². The Morgan fingerprint density at radius 3 is 2.19 bits per heavy atom. The van der Waals surface area contributed by atoms with E-state index in [2.05, 4.69) is 13.8 Å². The van der Waals surface area contributed by atoms with E-state index >= 15 is 0 Å². The van der Waals surface area contributed by atoms with Crippen LogP contribution in [0.4, 0.5) is 0 Å². The Balaban J connectivity index is 2.00. The van der Waals surface area contributed by atoms with Crippen LogP contribution in [-0.2, 0) is 0 Å². The normalized spacial score (nSPS) is 12.2. The minimum atomic E-state index is 0.0368. The third kappa shape index (κ3) is 5.12. The quantitative estimate of drug-likeness (QED) is 0.828. The lowest BCUT2D eigenvalue weighted by molar-refractivity contribution is 0.262. The molecule has 0 aliphatic rings. The van der Waals surface area contributed by atoms with E-state index in [1.165, 1.54) is 0 Å². The maximum absolute atomic E-state index is 6.06. The van der Waals surface area contributed by atoms with E-state index < -0.39 is 0 Å². The van der Waals surface area contributed by atoms with Crippen molar-refractivity contribution in [2.75, 3.05) is 6.61 Å². The van der Waals surface area contributed by atoms with Crippen LogP contribution in [0, 0.1) is 5.92 Å². The number of rotatable bonds is 7. The molecule has 0 aromatic heterocycles. The first-order valence-electron chi connectivity index (χ1n) is 7.35. The molecule has 0 radical (unpaired) electrons. The Labute approximate surface area is 126 Å². The largest absolute Gasteiger partial charge is 0.488 e. The summed E-state index contributed by atoms with van der Waals surface area (Å²) in [5.41, 5.74) is 6.06. The van der Waals surface area contributed by atoms with E-state index in [0.717, 1.165) is 17.9 Å². The second-order valence-electron chi connectivity index (χ2n) is 5.56. The summed E-state index contributed by atoms with van der Waals surface area (Å²) in [4.78, 5) is 0. The zero-order valence-electron chi connectivity index (χ0n) is 12.7. The van der Waals surface area contributed by atoms with Gasteiger partial charge in [0.2, 0.25) is 0 Å². The molecule has 0 saturated heterocycles. The van der Waals surface area contributed by atoms with Crippen molar-refractivity contribution in [3.63, 3.8) is 0 Å². The molecule has 2 rings (SSSR count). The van der Waals surface area contributed by atoms with Crippen molar-refractivity contribution < 1.29 is 9.47 Å². The van der Waals surface area contributed by atoms with Gasteiger partial charge in [-0.05, 0) is 36.6 Å². The Morgan fingerprint density at radius 1 is 0.905 bits per heavy atom. The molecule has 2 N–H and O–H groups in total. The van der Waals surface area contributed by atoms with Gasteiger partial charge in [0.25, 0.3) is 0 Å². The fraction of sp³-hybridized carbons (Fsp3) is 0.333. The van der Waals surface area contributed by atoms with Crippen LogP contribution >= 0.6 is 0 Å². The van der Waals surface area contributed by atoms with Crippen molar-refractivity contribution >= 4 is 0 Å². The Bertz CT molecular complexity index is 540. The summed E-state index contributed by atoms with van der Waals surface area (Å²) in [6.07, 6.45) is 0.946. The maximum Gasteiger partial charge on any atom is 0.169 e. The third-order valence-corrected chi connectivity index (χ3v) is 3.05. The Kier molecular flexibility index (Phi) is 5.64. The van der Waals surface area contributed by atoms with Crippen molar-refractivity contribution in [2.45, 2.75) is 26.3 Å². The molecule has 21 heavy (non-hydrogen) atoms.